The highest BCUT2D eigenvalue weighted by Gasteiger charge is 2.12. The van der Waals surface area contributed by atoms with E-state index in [9.17, 15) is 8.42 Å². The van der Waals surface area contributed by atoms with Gasteiger partial charge in [-0.15, -0.1) is 0 Å². The lowest BCUT2D eigenvalue weighted by molar-refractivity contribution is 0.273. The third-order valence-electron chi connectivity index (χ3n) is 1.43. The number of hydrogen-bond acceptors (Lipinski definition) is 4. The Bertz CT molecular complexity index is 416. The normalized spacial score (nSPS) is 11.3. The lowest BCUT2D eigenvalue weighted by Gasteiger charge is -2.05. The fourth-order valence-corrected chi connectivity index (χ4v) is 1.78. The molecule has 0 aliphatic heterocycles. The van der Waals surface area contributed by atoms with E-state index in [4.69, 9.17) is 11.6 Å². The van der Waals surface area contributed by atoms with Crippen molar-refractivity contribution < 1.29 is 16.8 Å². The van der Waals surface area contributed by atoms with Gasteiger partial charge in [-0.3, -0.25) is 0 Å². The first kappa shape index (κ1) is 12.3. The second kappa shape index (κ2) is 5.34. The smallest absolute Gasteiger partial charge is 0.362 e. The summed E-state index contributed by atoms with van der Waals surface area (Å²) in [5.74, 6) is 0.138. The quantitative estimate of drug-likeness (QED) is 0.805. The molecule has 0 unspecified atom stereocenters. The first-order valence-electron chi connectivity index (χ1n) is 4.38. The molecule has 0 amide bonds. The van der Waals surface area contributed by atoms with Crippen LogP contribution in [0.3, 0.4) is 0 Å². The lowest BCUT2D eigenvalue weighted by Crippen LogP contribution is -2.13. The highest BCUT2D eigenvalue weighted by atomic mass is 35.5. The van der Waals surface area contributed by atoms with Crippen molar-refractivity contribution >= 4 is 22.0 Å². The molecule has 84 valence electrons. The molecule has 0 bridgehead atoms. The van der Waals surface area contributed by atoms with E-state index in [2.05, 4.69) is 8.37 Å². The van der Waals surface area contributed by atoms with Crippen molar-refractivity contribution in [2.75, 3.05) is 6.61 Å². The van der Waals surface area contributed by atoms with E-state index in [1.165, 1.54) is 12.1 Å². The van der Waals surface area contributed by atoms with E-state index in [-0.39, 0.29) is 12.4 Å². The van der Waals surface area contributed by atoms with E-state index in [1.807, 2.05) is 0 Å². The summed E-state index contributed by atoms with van der Waals surface area (Å²) in [4.78, 5) is 0. The Morgan fingerprint density at radius 2 is 2.13 bits per heavy atom. The van der Waals surface area contributed by atoms with Crippen LogP contribution in [-0.2, 0) is 14.6 Å². The van der Waals surface area contributed by atoms with Gasteiger partial charge in [0.2, 0.25) is 0 Å². The van der Waals surface area contributed by atoms with Crippen LogP contribution in [0.1, 0.15) is 13.3 Å². The molecule has 15 heavy (non-hydrogen) atoms. The summed E-state index contributed by atoms with van der Waals surface area (Å²) in [6, 6.07) is 6.09. The van der Waals surface area contributed by atoms with Crippen molar-refractivity contribution in [1.29, 1.82) is 0 Å². The van der Waals surface area contributed by atoms with Crippen molar-refractivity contribution in [2.24, 2.45) is 0 Å². The van der Waals surface area contributed by atoms with E-state index in [1.54, 1.807) is 19.1 Å². The standard InChI is InChI=1S/C9H11ClO4S/c1-2-6-13-15(11,12)14-9-5-3-4-8(10)7-9/h3-5,7H,2,6H2,1H3. The van der Waals surface area contributed by atoms with E-state index < -0.39 is 10.4 Å². The highest BCUT2D eigenvalue weighted by molar-refractivity contribution is 7.82. The topological polar surface area (TPSA) is 52.6 Å². The van der Waals surface area contributed by atoms with Crippen molar-refractivity contribution in [2.45, 2.75) is 13.3 Å². The van der Waals surface area contributed by atoms with Gasteiger partial charge in [-0.2, -0.15) is 8.42 Å². The number of hydrogen-bond donors (Lipinski definition) is 0. The molecular formula is C9H11ClO4S. The molecule has 0 heterocycles. The minimum absolute atomic E-state index is 0.100. The molecule has 0 aliphatic carbocycles. The van der Waals surface area contributed by atoms with Crippen LogP contribution in [0.15, 0.2) is 24.3 Å². The van der Waals surface area contributed by atoms with Gasteiger partial charge in [-0.25, -0.2) is 4.18 Å². The molecule has 0 saturated carbocycles. The Kier molecular flexibility index (Phi) is 4.38. The molecule has 1 aromatic carbocycles. The zero-order valence-electron chi connectivity index (χ0n) is 8.14. The molecule has 1 rings (SSSR count). The maximum atomic E-state index is 11.2. The molecular weight excluding hydrogens is 240 g/mol. The minimum atomic E-state index is -3.97. The molecule has 0 radical (unpaired) electrons. The van der Waals surface area contributed by atoms with Gasteiger partial charge in [-0.1, -0.05) is 24.6 Å². The average molecular weight is 251 g/mol. The average Bonchev–Trinajstić information content (AvgIpc) is 2.14. The zero-order chi connectivity index (χ0) is 11.3. The number of benzene rings is 1. The van der Waals surface area contributed by atoms with Gasteiger partial charge < -0.3 is 4.18 Å². The summed E-state index contributed by atoms with van der Waals surface area (Å²) in [6.45, 7) is 1.90. The maximum Gasteiger partial charge on any atom is 0.449 e. The minimum Gasteiger partial charge on any atom is -0.362 e. The van der Waals surface area contributed by atoms with Crippen LogP contribution in [0.2, 0.25) is 5.02 Å². The second-order valence-electron chi connectivity index (χ2n) is 2.77. The number of rotatable bonds is 5. The van der Waals surface area contributed by atoms with E-state index in [0.717, 1.165) is 0 Å². The molecule has 0 fully saturated rings. The van der Waals surface area contributed by atoms with Crippen LogP contribution in [0.5, 0.6) is 5.75 Å². The van der Waals surface area contributed by atoms with Crippen molar-refractivity contribution in [3.05, 3.63) is 29.3 Å². The number of halogens is 1. The molecule has 0 aliphatic rings. The third kappa shape index (κ3) is 4.51. The van der Waals surface area contributed by atoms with Crippen LogP contribution < -0.4 is 4.18 Å². The summed E-state index contributed by atoms with van der Waals surface area (Å²) in [5.41, 5.74) is 0. The van der Waals surface area contributed by atoms with Gasteiger partial charge in [0, 0.05) is 11.1 Å². The van der Waals surface area contributed by atoms with Gasteiger partial charge in [0.05, 0.1) is 6.61 Å². The Balaban J connectivity index is 2.69. The Labute approximate surface area is 94.1 Å². The third-order valence-corrected chi connectivity index (χ3v) is 2.51. The first-order chi connectivity index (χ1) is 7.03. The maximum absolute atomic E-state index is 11.2. The lowest BCUT2D eigenvalue weighted by atomic mass is 10.3. The Hall–Kier alpha value is -0.780. The molecule has 0 saturated heterocycles. The van der Waals surface area contributed by atoms with Crippen molar-refractivity contribution in [1.82, 2.24) is 0 Å². The highest BCUT2D eigenvalue weighted by Crippen LogP contribution is 2.19. The summed E-state index contributed by atoms with van der Waals surface area (Å²) in [7, 11) is -3.97. The van der Waals surface area contributed by atoms with Gasteiger partial charge in [0.1, 0.15) is 5.75 Å². The predicted octanol–water partition coefficient (Wildman–Crippen LogP) is 2.39. The van der Waals surface area contributed by atoms with E-state index >= 15 is 0 Å². The van der Waals surface area contributed by atoms with Crippen molar-refractivity contribution in [3.8, 4) is 5.75 Å². The fraction of sp³-hybridized carbons (Fsp3) is 0.333. The van der Waals surface area contributed by atoms with Crippen LogP contribution in [0.4, 0.5) is 0 Å². The fourth-order valence-electron chi connectivity index (χ4n) is 0.846. The monoisotopic (exact) mass is 250 g/mol. The van der Waals surface area contributed by atoms with Gasteiger partial charge in [0.25, 0.3) is 0 Å². The molecule has 0 N–H and O–H groups in total. The second-order valence-corrected chi connectivity index (χ2v) is 4.43. The molecule has 0 spiro atoms. The molecule has 0 aromatic heterocycles. The van der Waals surface area contributed by atoms with Gasteiger partial charge >= 0.3 is 10.4 Å². The van der Waals surface area contributed by atoms with Gasteiger partial charge in [0.15, 0.2) is 0 Å². The largest absolute Gasteiger partial charge is 0.449 e. The summed E-state index contributed by atoms with van der Waals surface area (Å²) >= 11 is 5.66. The molecule has 4 nitrogen and oxygen atoms in total. The SMILES string of the molecule is CCCOS(=O)(=O)Oc1cccc(Cl)c1. The van der Waals surface area contributed by atoms with Crippen LogP contribution >= 0.6 is 11.6 Å². The predicted molar refractivity (Wildman–Crippen MR) is 57.2 cm³/mol. The molecule has 1 aromatic rings. The summed E-state index contributed by atoms with van der Waals surface area (Å²) in [6.07, 6.45) is 0.595. The zero-order valence-corrected chi connectivity index (χ0v) is 9.72. The Morgan fingerprint density at radius 1 is 1.40 bits per heavy atom. The van der Waals surface area contributed by atoms with Gasteiger partial charge in [-0.05, 0) is 18.6 Å². The molecule has 6 heteroatoms. The van der Waals surface area contributed by atoms with Crippen LogP contribution in [0, 0.1) is 0 Å². The van der Waals surface area contributed by atoms with Crippen LogP contribution in [0.25, 0.3) is 0 Å². The van der Waals surface area contributed by atoms with E-state index in [0.29, 0.717) is 11.4 Å². The first-order valence-corrected chi connectivity index (χ1v) is 6.09. The summed E-state index contributed by atoms with van der Waals surface area (Å²) < 4.78 is 31.5. The Morgan fingerprint density at radius 3 is 2.73 bits per heavy atom. The molecule has 0 atom stereocenters. The van der Waals surface area contributed by atoms with Crippen LogP contribution in [-0.4, -0.2) is 15.0 Å². The summed E-state index contributed by atoms with van der Waals surface area (Å²) in [5, 5.41) is 0.401. The van der Waals surface area contributed by atoms with Crippen molar-refractivity contribution in [3.63, 3.8) is 0 Å².